The van der Waals surface area contributed by atoms with Gasteiger partial charge < -0.3 is 10.6 Å². The van der Waals surface area contributed by atoms with Crippen LogP contribution in [0.2, 0.25) is 0 Å². The van der Waals surface area contributed by atoms with Gasteiger partial charge in [-0.05, 0) is 30.7 Å². The molecule has 3 aromatic rings. The van der Waals surface area contributed by atoms with Crippen LogP contribution in [0.15, 0.2) is 55.0 Å². The number of nitrogens with zero attached hydrogens (tertiary/aromatic N) is 3. The van der Waals surface area contributed by atoms with Crippen LogP contribution in [0.4, 0.5) is 10.5 Å². The minimum absolute atomic E-state index is 0.241. The first-order chi connectivity index (χ1) is 11.6. The smallest absolute Gasteiger partial charge is 0.319 e. The molecule has 0 aliphatic heterocycles. The second-order valence-electron chi connectivity index (χ2n) is 5.63. The second-order valence-corrected chi connectivity index (χ2v) is 5.63. The Balaban J connectivity index is 1.54. The number of anilines is 1. The van der Waals surface area contributed by atoms with E-state index in [-0.39, 0.29) is 6.03 Å². The van der Waals surface area contributed by atoms with E-state index in [0.29, 0.717) is 6.54 Å². The third kappa shape index (κ3) is 3.98. The predicted octanol–water partition coefficient (Wildman–Crippen LogP) is 3.11. The standard InChI is InChI=1S/C18H19N5O/c1-13-3-6-16(7-4-13)22-18(24)20-10-14-5-8-17(19-9-14)15-11-21-23(2)12-15/h3-9,11-12H,10H2,1-2H3,(H2,20,22,24). The van der Waals surface area contributed by atoms with Crippen LogP contribution in [-0.4, -0.2) is 20.8 Å². The lowest BCUT2D eigenvalue weighted by molar-refractivity contribution is 0.251. The molecule has 3 rings (SSSR count). The predicted molar refractivity (Wildman–Crippen MR) is 93.5 cm³/mol. The number of aromatic nitrogens is 3. The Kier molecular flexibility index (Phi) is 4.56. The largest absolute Gasteiger partial charge is 0.334 e. The highest BCUT2D eigenvalue weighted by Crippen LogP contribution is 2.15. The Bertz CT molecular complexity index is 821. The number of hydrogen-bond donors (Lipinski definition) is 2. The molecule has 2 heterocycles. The normalized spacial score (nSPS) is 10.4. The van der Waals surface area contributed by atoms with Crippen LogP contribution in [0.5, 0.6) is 0 Å². The summed E-state index contributed by atoms with van der Waals surface area (Å²) in [5.74, 6) is 0. The summed E-state index contributed by atoms with van der Waals surface area (Å²) in [5.41, 5.74) is 4.68. The highest BCUT2D eigenvalue weighted by molar-refractivity contribution is 5.89. The molecule has 0 fully saturated rings. The maximum atomic E-state index is 11.9. The number of benzene rings is 1. The van der Waals surface area contributed by atoms with Gasteiger partial charge in [-0.3, -0.25) is 9.67 Å². The van der Waals surface area contributed by atoms with Crippen LogP contribution in [0.3, 0.4) is 0 Å². The number of nitrogens with one attached hydrogen (secondary N) is 2. The Hall–Kier alpha value is -3.15. The third-order valence-electron chi connectivity index (χ3n) is 3.59. The van der Waals surface area contributed by atoms with Crippen molar-refractivity contribution in [2.24, 2.45) is 7.05 Å². The number of hydrogen-bond acceptors (Lipinski definition) is 3. The average molecular weight is 321 g/mol. The molecule has 1 aromatic carbocycles. The number of amides is 2. The molecule has 0 spiro atoms. The molecule has 0 saturated heterocycles. The van der Waals surface area contributed by atoms with Crippen LogP contribution >= 0.6 is 0 Å². The first-order valence-electron chi connectivity index (χ1n) is 7.65. The quantitative estimate of drug-likeness (QED) is 0.775. The first-order valence-corrected chi connectivity index (χ1v) is 7.65. The van der Waals surface area contributed by atoms with Gasteiger partial charge in [0.2, 0.25) is 0 Å². The van der Waals surface area contributed by atoms with Gasteiger partial charge in [-0.2, -0.15) is 5.10 Å². The van der Waals surface area contributed by atoms with Gasteiger partial charge in [-0.25, -0.2) is 4.79 Å². The average Bonchev–Trinajstić information content (AvgIpc) is 3.02. The summed E-state index contributed by atoms with van der Waals surface area (Å²) in [7, 11) is 1.87. The summed E-state index contributed by atoms with van der Waals surface area (Å²) >= 11 is 0. The topological polar surface area (TPSA) is 71.8 Å². The van der Waals surface area contributed by atoms with Crippen molar-refractivity contribution < 1.29 is 4.79 Å². The maximum Gasteiger partial charge on any atom is 0.319 e. The van der Waals surface area contributed by atoms with Crippen molar-refractivity contribution in [3.63, 3.8) is 0 Å². The van der Waals surface area contributed by atoms with Crippen molar-refractivity contribution in [3.05, 3.63) is 66.1 Å². The summed E-state index contributed by atoms with van der Waals surface area (Å²) in [6, 6.07) is 11.3. The van der Waals surface area contributed by atoms with Gasteiger partial charge in [0.1, 0.15) is 0 Å². The molecular formula is C18H19N5O. The minimum atomic E-state index is -0.241. The fraction of sp³-hybridized carbons (Fsp3) is 0.167. The van der Waals surface area contributed by atoms with Gasteiger partial charge in [0, 0.05) is 37.2 Å². The number of urea groups is 1. The number of aryl methyl sites for hydroxylation is 2. The van der Waals surface area contributed by atoms with Crippen molar-refractivity contribution in [2.45, 2.75) is 13.5 Å². The molecular weight excluding hydrogens is 302 g/mol. The summed E-state index contributed by atoms with van der Waals surface area (Å²) in [5, 5.41) is 9.75. The summed E-state index contributed by atoms with van der Waals surface area (Å²) in [6.07, 6.45) is 5.44. The molecule has 0 aliphatic rings. The zero-order valence-corrected chi connectivity index (χ0v) is 13.7. The van der Waals surface area contributed by atoms with Crippen LogP contribution in [0, 0.1) is 6.92 Å². The molecule has 2 N–H and O–H groups in total. The van der Waals surface area contributed by atoms with Crippen LogP contribution in [-0.2, 0) is 13.6 Å². The maximum absolute atomic E-state index is 11.9. The molecule has 0 radical (unpaired) electrons. The fourth-order valence-electron chi connectivity index (χ4n) is 2.25. The van der Waals surface area contributed by atoms with Gasteiger partial charge in [-0.15, -0.1) is 0 Å². The monoisotopic (exact) mass is 321 g/mol. The molecule has 0 bridgehead atoms. The SMILES string of the molecule is Cc1ccc(NC(=O)NCc2ccc(-c3cnn(C)c3)nc2)cc1. The lowest BCUT2D eigenvalue weighted by Crippen LogP contribution is -2.28. The minimum Gasteiger partial charge on any atom is -0.334 e. The van der Waals surface area contributed by atoms with E-state index in [1.807, 2.05) is 56.6 Å². The third-order valence-corrected chi connectivity index (χ3v) is 3.59. The Labute approximate surface area is 140 Å². The number of rotatable bonds is 4. The fourth-order valence-corrected chi connectivity index (χ4v) is 2.25. The zero-order chi connectivity index (χ0) is 16.9. The summed E-state index contributed by atoms with van der Waals surface area (Å²) < 4.78 is 1.74. The molecule has 0 atom stereocenters. The van der Waals surface area contributed by atoms with Crippen LogP contribution in [0.1, 0.15) is 11.1 Å². The molecule has 6 heteroatoms. The molecule has 2 aromatic heterocycles. The molecule has 0 aliphatic carbocycles. The van der Waals surface area contributed by atoms with Crippen molar-refractivity contribution in [1.29, 1.82) is 0 Å². The van der Waals surface area contributed by atoms with Crippen LogP contribution in [0.25, 0.3) is 11.3 Å². The second kappa shape index (κ2) is 6.95. The molecule has 0 unspecified atom stereocenters. The van der Waals surface area contributed by atoms with Crippen molar-refractivity contribution >= 4 is 11.7 Å². The van der Waals surface area contributed by atoms with Crippen LogP contribution < -0.4 is 10.6 Å². The Morgan fingerprint density at radius 1 is 1.12 bits per heavy atom. The molecule has 2 amide bonds. The van der Waals surface area contributed by atoms with E-state index in [1.54, 1.807) is 17.1 Å². The van der Waals surface area contributed by atoms with Gasteiger partial charge in [0.15, 0.2) is 0 Å². The lowest BCUT2D eigenvalue weighted by Gasteiger charge is -2.08. The van der Waals surface area contributed by atoms with E-state index in [4.69, 9.17) is 0 Å². The van der Waals surface area contributed by atoms with E-state index in [1.165, 1.54) is 0 Å². The highest BCUT2D eigenvalue weighted by atomic mass is 16.2. The Morgan fingerprint density at radius 3 is 2.54 bits per heavy atom. The molecule has 24 heavy (non-hydrogen) atoms. The highest BCUT2D eigenvalue weighted by Gasteiger charge is 2.04. The van der Waals surface area contributed by atoms with E-state index < -0.39 is 0 Å². The lowest BCUT2D eigenvalue weighted by atomic mass is 10.2. The molecule has 0 saturated carbocycles. The zero-order valence-electron chi connectivity index (χ0n) is 13.7. The van der Waals surface area contributed by atoms with E-state index in [9.17, 15) is 4.79 Å². The van der Waals surface area contributed by atoms with Crippen molar-refractivity contribution in [1.82, 2.24) is 20.1 Å². The van der Waals surface area contributed by atoms with Gasteiger partial charge in [0.25, 0.3) is 0 Å². The molecule has 6 nitrogen and oxygen atoms in total. The summed E-state index contributed by atoms with van der Waals surface area (Å²) in [4.78, 5) is 16.3. The van der Waals surface area contributed by atoms with E-state index >= 15 is 0 Å². The van der Waals surface area contributed by atoms with Gasteiger partial charge in [-0.1, -0.05) is 23.8 Å². The van der Waals surface area contributed by atoms with Gasteiger partial charge >= 0.3 is 6.03 Å². The first kappa shape index (κ1) is 15.7. The summed E-state index contributed by atoms with van der Waals surface area (Å²) in [6.45, 7) is 2.42. The Morgan fingerprint density at radius 2 is 1.92 bits per heavy atom. The number of carbonyl (C=O) groups excluding carboxylic acids is 1. The van der Waals surface area contributed by atoms with Crippen molar-refractivity contribution in [2.75, 3.05) is 5.32 Å². The van der Waals surface area contributed by atoms with Gasteiger partial charge in [0.05, 0.1) is 11.9 Å². The number of pyridine rings is 1. The number of carbonyl (C=O) groups is 1. The van der Waals surface area contributed by atoms with E-state index in [2.05, 4.69) is 20.7 Å². The van der Waals surface area contributed by atoms with E-state index in [0.717, 1.165) is 28.1 Å². The van der Waals surface area contributed by atoms with Crippen molar-refractivity contribution in [3.8, 4) is 11.3 Å². The molecule has 122 valence electrons.